The van der Waals surface area contributed by atoms with Crippen LogP contribution in [-0.4, -0.2) is 33.9 Å². The fourth-order valence-corrected chi connectivity index (χ4v) is 3.67. The number of rotatable bonds is 4. The lowest BCUT2D eigenvalue weighted by molar-refractivity contribution is -0.114. The summed E-state index contributed by atoms with van der Waals surface area (Å²) in [7, 11) is 0. The number of likely N-dealkylation sites (tertiary alicyclic amines) is 1. The van der Waals surface area contributed by atoms with Crippen molar-refractivity contribution < 1.29 is 4.79 Å². The highest BCUT2D eigenvalue weighted by Gasteiger charge is 2.21. The molecule has 0 bridgehead atoms. The van der Waals surface area contributed by atoms with Gasteiger partial charge in [-0.2, -0.15) is 0 Å². The lowest BCUT2D eigenvalue weighted by atomic mass is 9.91. The van der Waals surface area contributed by atoms with Crippen LogP contribution in [0, 0.1) is 0 Å². The fraction of sp³-hybridized carbons (Fsp3) is 0.438. The Hall–Kier alpha value is -1.79. The van der Waals surface area contributed by atoms with Gasteiger partial charge in [0.1, 0.15) is 0 Å². The summed E-state index contributed by atoms with van der Waals surface area (Å²) in [5.74, 6) is 0.502. The number of nitrogens with one attached hydrogen (secondary N) is 1. The first-order valence-electron chi connectivity index (χ1n) is 7.55. The molecule has 1 aliphatic rings. The lowest BCUT2D eigenvalue weighted by Crippen LogP contribution is -2.34. The van der Waals surface area contributed by atoms with Crippen LogP contribution in [0.1, 0.15) is 36.9 Å². The van der Waals surface area contributed by atoms with Crippen LogP contribution in [0.15, 0.2) is 29.9 Å². The number of carbonyl (C=O) groups is 1. The third kappa shape index (κ3) is 3.90. The smallest absolute Gasteiger partial charge is 0.223 e. The van der Waals surface area contributed by atoms with Crippen molar-refractivity contribution in [2.75, 3.05) is 18.4 Å². The molecule has 1 fully saturated rings. The first kappa shape index (κ1) is 15.1. The molecule has 2 aromatic heterocycles. The maximum atomic E-state index is 11.1. The summed E-state index contributed by atoms with van der Waals surface area (Å²) in [4.78, 5) is 22.1. The molecule has 116 valence electrons. The van der Waals surface area contributed by atoms with E-state index in [1.807, 2.05) is 17.8 Å². The van der Waals surface area contributed by atoms with Crippen molar-refractivity contribution >= 4 is 22.4 Å². The molecule has 0 spiro atoms. The molecule has 0 radical (unpaired) electrons. The van der Waals surface area contributed by atoms with Gasteiger partial charge < -0.3 is 5.32 Å². The molecule has 1 amide bonds. The van der Waals surface area contributed by atoms with E-state index in [0.29, 0.717) is 11.0 Å². The molecular formula is C16H20N4OS. The van der Waals surface area contributed by atoms with Gasteiger partial charge in [-0.05, 0) is 43.0 Å². The zero-order valence-corrected chi connectivity index (χ0v) is 13.5. The first-order valence-corrected chi connectivity index (χ1v) is 8.43. The van der Waals surface area contributed by atoms with E-state index in [4.69, 9.17) is 0 Å². The van der Waals surface area contributed by atoms with Crippen LogP contribution in [0.3, 0.4) is 0 Å². The Morgan fingerprint density at radius 2 is 2.27 bits per heavy atom. The summed E-state index contributed by atoms with van der Waals surface area (Å²) in [5.41, 5.74) is 2.40. The maximum Gasteiger partial charge on any atom is 0.223 e. The number of amides is 1. The van der Waals surface area contributed by atoms with E-state index in [-0.39, 0.29) is 5.91 Å². The van der Waals surface area contributed by atoms with E-state index in [2.05, 4.69) is 32.3 Å². The van der Waals surface area contributed by atoms with Crippen LogP contribution < -0.4 is 5.32 Å². The molecule has 1 atom stereocenters. The van der Waals surface area contributed by atoms with E-state index in [0.717, 1.165) is 25.3 Å². The number of hydrogen-bond acceptors (Lipinski definition) is 5. The third-order valence-electron chi connectivity index (χ3n) is 3.90. The number of hydrogen-bond donors (Lipinski definition) is 1. The van der Waals surface area contributed by atoms with Gasteiger partial charge in [0.15, 0.2) is 5.13 Å². The van der Waals surface area contributed by atoms with Gasteiger partial charge in [0.2, 0.25) is 5.91 Å². The Balaban J connectivity index is 1.60. The molecule has 3 heterocycles. The molecule has 6 heteroatoms. The third-order valence-corrected chi connectivity index (χ3v) is 4.71. The zero-order valence-electron chi connectivity index (χ0n) is 12.7. The van der Waals surface area contributed by atoms with Gasteiger partial charge in [0.05, 0.1) is 5.69 Å². The SMILES string of the molecule is CC(=O)Nc1nc(CN2CCC[C@@H](c3ccncc3)C2)cs1. The number of anilines is 1. The highest BCUT2D eigenvalue weighted by atomic mass is 32.1. The zero-order chi connectivity index (χ0) is 15.4. The second-order valence-corrected chi connectivity index (χ2v) is 6.54. The summed E-state index contributed by atoms with van der Waals surface area (Å²) in [5, 5.41) is 5.45. The normalized spacial score (nSPS) is 19.0. The van der Waals surface area contributed by atoms with Crippen molar-refractivity contribution in [3.05, 3.63) is 41.2 Å². The lowest BCUT2D eigenvalue weighted by Gasteiger charge is -2.32. The van der Waals surface area contributed by atoms with Gasteiger partial charge in [0.25, 0.3) is 0 Å². The van der Waals surface area contributed by atoms with Crippen LogP contribution in [0.2, 0.25) is 0 Å². The van der Waals surface area contributed by atoms with Crippen molar-refractivity contribution in [3.8, 4) is 0 Å². The van der Waals surface area contributed by atoms with Gasteiger partial charge in [-0.1, -0.05) is 0 Å². The average molecular weight is 316 g/mol. The summed E-state index contributed by atoms with van der Waals surface area (Å²) in [6.45, 7) is 4.51. The molecule has 1 N–H and O–H groups in total. The summed E-state index contributed by atoms with van der Waals surface area (Å²) < 4.78 is 0. The van der Waals surface area contributed by atoms with Crippen LogP contribution in [0.25, 0.3) is 0 Å². The number of aromatic nitrogens is 2. The monoisotopic (exact) mass is 316 g/mol. The predicted molar refractivity (Wildman–Crippen MR) is 87.9 cm³/mol. The van der Waals surface area contributed by atoms with Crippen LogP contribution in [-0.2, 0) is 11.3 Å². The quantitative estimate of drug-likeness (QED) is 0.942. The number of thiazole rings is 1. The Morgan fingerprint density at radius 1 is 1.45 bits per heavy atom. The minimum Gasteiger partial charge on any atom is -0.302 e. The molecule has 0 unspecified atom stereocenters. The standard InChI is InChI=1S/C16H20N4OS/c1-12(21)18-16-19-15(11-22-16)10-20-8-2-3-14(9-20)13-4-6-17-7-5-13/h4-7,11,14H,2-3,8-10H2,1H3,(H,18,19,21)/t14-/m1/s1. The van der Waals surface area contributed by atoms with Gasteiger partial charge in [-0.25, -0.2) is 4.98 Å². The number of nitrogens with zero attached hydrogens (tertiary/aromatic N) is 3. The van der Waals surface area contributed by atoms with E-state index < -0.39 is 0 Å². The molecule has 0 aliphatic carbocycles. The van der Waals surface area contributed by atoms with Gasteiger partial charge in [0, 0.05) is 37.8 Å². The maximum absolute atomic E-state index is 11.1. The van der Waals surface area contributed by atoms with Gasteiger partial charge in [-0.3, -0.25) is 14.7 Å². The highest BCUT2D eigenvalue weighted by molar-refractivity contribution is 7.13. The predicted octanol–water partition coefficient (Wildman–Crippen LogP) is 2.88. The number of carbonyl (C=O) groups excluding carboxylic acids is 1. The van der Waals surface area contributed by atoms with Crippen molar-refractivity contribution in [1.82, 2.24) is 14.9 Å². The Kier molecular flexibility index (Phi) is 4.80. The van der Waals surface area contributed by atoms with E-state index in [1.165, 1.54) is 36.7 Å². The second kappa shape index (κ2) is 6.98. The van der Waals surface area contributed by atoms with Crippen molar-refractivity contribution in [3.63, 3.8) is 0 Å². The van der Waals surface area contributed by atoms with Crippen molar-refractivity contribution in [2.45, 2.75) is 32.2 Å². The molecule has 2 aromatic rings. The van der Waals surface area contributed by atoms with Crippen molar-refractivity contribution in [1.29, 1.82) is 0 Å². The Morgan fingerprint density at radius 3 is 3.05 bits per heavy atom. The van der Waals surface area contributed by atoms with Gasteiger partial charge >= 0.3 is 0 Å². The number of pyridine rings is 1. The highest BCUT2D eigenvalue weighted by Crippen LogP contribution is 2.27. The molecule has 0 saturated carbocycles. The fourth-order valence-electron chi connectivity index (χ4n) is 2.92. The summed E-state index contributed by atoms with van der Waals surface area (Å²) in [6.07, 6.45) is 6.17. The largest absolute Gasteiger partial charge is 0.302 e. The molecule has 5 nitrogen and oxygen atoms in total. The van der Waals surface area contributed by atoms with Crippen LogP contribution >= 0.6 is 11.3 Å². The van der Waals surface area contributed by atoms with E-state index >= 15 is 0 Å². The second-order valence-electron chi connectivity index (χ2n) is 5.68. The molecule has 1 saturated heterocycles. The molecule has 3 rings (SSSR count). The Labute approximate surface area is 134 Å². The minimum atomic E-state index is -0.0726. The summed E-state index contributed by atoms with van der Waals surface area (Å²) in [6, 6.07) is 4.23. The molecular weight excluding hydrogens is 296 g/mol. The van der Waals surface area contributed by atoms with Crippen LogP contribution in [0.5, 0.6) is 0 Å². The summed E-state index contributed by atoms with van der Waals surface area (Å²) >= 11 is 1.49. The topological polar surface area (TPSA) is 58.1 Å². The van der Waals surface area contributed by atoms with Gasteiger partial charge in [-0.15, -0.1) is 11.3 Å². The van der Waals surface area contributed by atoms with E-state index in [9.17, 15) is 4.79 Å². The van der Waals surface area contributed by atoms with Crippen LogP contribution in [0.4, 0.5) is 5.13 Å². The minimum absolute atomic E-state index is 0.0726. The van der Waals surface area contributed by atoms with E-state index in [1.54, 1.807) is 0 Å². The van der Waals surface area contributed by atoms with Crippen molar-refractivity contribution in [2.24, 2.45) is 0 Å². The number of piperidine rings is 1. The first-order chi connectivity index (χ1) is 10.7. The molecule has 0 aromatic carbocycles. The average Bonchev–Trinajstić information content (AvgIpc) is 2.94. The Bertz CT molecular complexity index is 628. The molecule has 22 heavy (non-hydrogen) atoms. The molecule has 1 aliphatic heterocycles.